The predicted molar refractivity (Wildman–Crippen MR) is 74.6 cm³/mol. The molecule has 0 bridgehead atoms. The van der Waals surface area contributed by atoms with Crippen LogP contribution in [0.5, 0.6) is 0 Å². The number of halogens is 2. The molecular formula is C14H19Cl2N. The van der Waals surface area contributed by atoms with Crippen molar-refractivity contribution in [3.05, 3.63) is 33.8 Å². The van der Waals surface area contributed by atoms with E-state index in [1.165, 1.54) is 19.3 Å². The Morgan fingerprint density at radius 2 is 2.00 bits per heavy atom. The van der Waals surface area contributed by atoms with E-state index in [9.17, 15) is 0 Å². The highest BCUT2D eigenvalue weighted by atomic mass is 35.5. The molecule has 2 unspecified atom stereocenters. The highest BCUT2D eigenvalue weighted by molar-refractivity contribution is 6.33. The Hall–Kier alpha value is -0.240. The van der Waals surface area contributed by atoms with Gasteiger partial charge in [0.2, 0.25) is 0 Å². The first-order chi connectivity index (χ1) is 8.01. The summed E-state index contributed by atoms with van der Waals surface area (Å²) in [6.07, 6.45) is 5.59. The monoisotopic (exact) mass is 271 g/mol. The van der Waals surface area contributed by atoms with Crippen LogP contribution in [0.3, 0.4) is 0 Å². The first kappa shape index (κ1) is 13.2. The zero-order chi connectivity index (χ0) is 12.5. The minimum atomic E-state index is -0.299. The van der Waals surface area contributed by atoms with E-state index in [-0.39, 0.29) is 5.54 Å². The molecule has 0 aromatic heterocycles. The lowest BCUT2D eigenvalue weighted by Gasteiger charge is -2.30. The van der Waals surface area contributed by atoms with E-state index in [1.807, 2.05) is 18.2 Å². The van der Waals surface area contributed by atoms with Crippen LogP contribution < -0.4 is 5.73 Å². The van der Waals surface area contributed by atoms with E-state index in [0.717, 1.165) is 29.3 Å². The molecule has 0 amide bonds. The maximum absolute atomic E-state index is 6.57. The highest BCUT2D eigenvalue weighted by Gasteiger charge is 2.31. The lowest BCUT2D eigenvalue weighted by atomic mass is 9.83. The zero-order valence-corrected chi connectivity index (χ0v) is 11.7. The summed E-state index contributed by atoms with van der Waals surface area (Å²) in [5.74, 6) is 0.762. The number of rotatable bonds is 1. The quantitative estimate of drug-likeness (QED) is 0.734. The minimum absolute atomic E-state index is 0.299. The molecule has 1 aliphatic carbocycles. The fourth-order valence-corrected chi connectivity index (χ4v) is 3.17. The first-order valence-electron chi connectivity index (χ1n) is 6.26. The van der Waals surface area contributed by atoms with Gasteiger partial charge in [-0.2, -0.15) is 0 Å². The maximum atomic E-state index is 6.57. The SMILES string of the molecule is CC1CCCC(N)(c2cc(Cl)ccc2Cl)CC1. The zero-order valence-electron chi connectivity index (χ0n) is 10.2. The molecule has 1 fully saturated rings. The third-order valence-corrected chi connectivity index (χ3v) is 4.43. The van der Waals surface area contributed by atoms with Gasteiger partial charge >= 0.3 is 0 Å². The van der Waals surface area contributed by atoms with Crippen molar-refractivity contribution in [1.82, 2.24) is 0 Å². The van der Waals surface area contributed by atoms with Crippen LogP contribution in [0.1, 0.15) is 44.6 Å². The minimum Gasteiger partial charge on any atom is -0.321 e. The molecule has 1 aromatic rings. The summed E-state index contributed by atoms with van der Waals surface area (Å²) >= 11 is 12.3. The summed E-state index contributed by atoms with van der Waals surface area (Å²) in [6.45, 7) is 2.30. The van der Waals surface area contributed by atoms with Crippen LogP contribution in [0.15, 0.2) is 18.2 Å². The second kappa shape index (κ2) is 5.17. The standard InChI is InChI=1S/C14H19Cl2N/c1-10-3-2-7-14(17,8-6-10)12-9-11(15)4-5-13(12)16/h4-5,9-10H,2-3,6-8,17H2,1H3. The largest absolute Gasteiger partial charge is 0.321 e. The van der Waals surface area contributed by atoms with Gasteiger partial charge < -0.3 is 5.73 Å². The lowest BCUT2D eigenvalue weighted by Crippen LogP contribution is -2.36. The normalized spacial score (nSPS) is 30.0. The van der Waals surface area contributed by atoms with Crippen molar-refractivity contribution in [3.63, 3.8) is 0 Å². The van der Waals surface area contributed by atoms with Gasteiger partial charge in [0, 0.05) is 15.6 Å². The number of hydrogen-bond acceptors (Lipinski definition) is 1. The summed E-state index contributed by atoms with van der Waals surface area (Å²) in [7, 11) is 0. The molecule has 17 heavy (non-hydrogen) atoms. The van der Waals surface area contributed by atoms with Crippen molar-refractivity contribution in [1.29, 1.82) is 0 Å². The number of hydrogen-bond donors (Lipinski definition) is 1. The van der Waals surface area contributed by atoms with Gasteiger partial charge in [-0.15, -0.1) is 0 Å². The Morgan fingerprint density at radius 3 is 2.76 bits per heavy atom. The van der Waals surface area contributed by atoms with Gasteiger partial charge in [0.1, 0.15) is 0 Å². The molecule has 1 aliphatic rings. The van der Waals surface area contributed by atoms with Crippen molar-refractivity contribution in [3.8, 4) is 0 Å². The molecule has 3 heteroatoms. The van der Waals surface area contributed by atoms with E-state index >= 15 is 0 Å². The molecular weight excluding hydrogens is 253 g/mol. The summed E-state index contributed by atoms with van der Waals surface area (Å²) in [4.78, 5) is 0. The van der Waals surface area contributed by atoms with E-state index in [1.54, 1.807) is 0 Å². The topological polar surface area (TPSA) is 26.0 Å². The van der Waals surface area contributed by atoms with Gasteiger partial charge in [0.15, 0.2) is 0 Å². The molecule has 0 spiro atoms. The summed E-state index contributed by atoms with van der Waals surface area (Å²) in [6, 6.07) is 5.60. The number of benzene rings is 1. The van der Waals surface area contributed by atoms with Crippen LogP contribution in [0.25, 0.3) is 0 Å². The molecule has 0 heterocycles. The van der Waals surface area contributed by atoms with E-state index in [0.29, 0.717) is 5.02 Å². The van der Waals surface area contributed by atoms with Crippen molar-refractivity contribution < 1.29 is 0 Å². The molecule has 2 N–H and O–H groups in total. The van der Waals surface area contributed by atoms with Crippen LogP contribution in [-0.4, -0.2) is 0 Å². The molecule has 2 atom stereocenters. The second-order valence-corrected chi connectivity index (χ2v) is 6.16. The number of nitrogens with two attached hydrogens (primary N) is 1. The second-order valence-electron chi connectivity index (χ2n) is 5.32. The smallest absolute Gasteiger partial charge is 0.0457 e. The molecule has 1 aromatic carbocycles. The average Bonchev–Trinajstić information content (AvgIpc) is 2.46. The Labute approximate surface area is 113 Å². The van der Waals surface area contributed by atoms with E-state index in [4.69, 9.17) is 28.9 Å². The molecule has 94 valence electrons. The van der Waals surface area contributed by atoms with Gasteiger partial charge in [-0.3, -0.25) is 0 Å². The Balaban J connectivity index is 2.33. The predicted octanol–water partition coefficient (Wildman–Crippen LogP) is 4.75. The third-order valence-electron chi connectivity index (χ3n) is 3.87. The van der Waals surface area contributed by atoms with Gasteiger partial charge in [0.25, 0.3) is 0 Å². The van der Waals surface area contributed by atoms with Gasteiger partial charge in [-0.05, 0) is 48.9 Å². The van der Waals surface area contributed by atoms with Crippen molar-refractivity contribution in [2.24, 2.45) is 11.7 Å². The van der Waals surface area contributed by atoms with Crippen LogP contribution in [-0.2, 0) is 5.54 Å². The fraction of sp³-hybridized carbons (Fsp3) is 0.571. The highest BCUT2D eigenvalue weighted by Crippen LogP contribution is 2.39. The third kappa shape index (κ3) is 2.96. The van der Waals surface area contributed by atoms with Crippen molar-refractivity contribution in [2.75, 3.05) is 0 Å². The molecule has 1 nitrogen and oxygen atoms in total. The van der Waals surface area contributed by atoms with Crippen LogP contribution in [0, 0.1) is 5.92 Å². The van der Waals surface area contributed by atoms with Gasteiger partial charge in [0.05, 0.1) is 0 Å². The Bertz CT molecular complexity index is 405. The van der Waals surface area contributed by atoms with Crippen molar-refractivity contribution >= 4 is 23.2 Å². The summed E-state index contributed by atoms with van der Waals surface area (Å²) in [5.41, 5.74) is 7.28. The molecule has 0 saturated heterocycles. The molecule has 2 rings (SSSR count). The van der Waals surface area contributed by atoms with Gasteiger partial charge in [-0.25, -0.2) is 0 Å². The lowest BCUT2D eigenvalue weighted by molar-refractivity contribution is 0.378. The fourth-order valence-electron chi connectivity index (χ4n) is 2.69. The summed E-state index contributed by atoms with van der Waals surface area (Å²) < 4.78 is 0. The Morgan fingerprint density at radius 1 is 1.24 bits per heavy atom. The van der Waals surface area contributed by atoms with E-state index < -0.39 is 0 Å². The first-order valence-corrected chi connectivity index (χ1v) is 7.01. The van der Waals surface area contributed by atoms with Crippen LogP contribution in [0.2, 0.25) is 10.0 Å². The van der Waals surface area contributed by atoms with Gasteiger partial charge in [-0.1, -0.05) is 43.0 Å². The van der Waals surface area contributed by atoms with E-state index in [2.05, 4.69) is 6.92 Å². The van der Waals surface area contributed by atoms with Crippen molar-refractivity contribution in [2.45, 2.75) is 44.6 Å². The molecule has 0 aliphatic heterocycles. The van der Waals surface area contributed by atoms with Crippen LogP contribution >= 0.6 is 23.2 Å². The maximum Gasteiger partial charge on any atom is 0.0457 e. The molecule has 1 saturated carbocycles. The van der Waals surface area contributed by atoms with Crippen LogP contribution in [0.4, 0.5) is 0 Å². The average molecular weight is 272 g/mol. The molecule has 0 radical (unpaired) electrons. The Kier molecular flexibility index (Phi) is 4.02. The summed E-state index contributed by atoms with van der Waals surface area (Å²) in [5, 5.41) is 1.46.